The van der Waals surface area contributed by atoms with Gasteiger partial charge in [0.15, 0.2) is 11.6 Å². The van der Waals surface area contributed by atoms with E-state index in [1.165, 1.54) is 32.1 Å². The highest BCUT2D eigenvalue weighted by molar-refractivity contribution is 5.79. The SMILES string of the molecule is CN=C(NCCCc1nnc2ccccn12)NC(C)C(C)C1CCCCC1. The molecule has 0 radical (unpaired) electrons. The number of fused-ring (bicyclic) bond motifs is 1. The first-order valence-corrected chi connectivity index (χ1v) is 10.4. The van der Waals surface area contributed by atoms with Crippen LogP contribution in [0.15, 0.2) is 29.4 Å². The molecular weight excluding hydrogens is 336 g/mol. The minimum Gasteiger partial charge on any atom is -0.356 e. The number of rotatable bonds is 7. The Labute approximate surface area is 162 Å². The lowest BCUT2D eigenvalue weighted by Gasteiger charge is -2.32. The quantitative estimate of drug-likeness (QED) is 0.445. The Balaban J connectivity index is 1.42. The summed E-state index contributed by atoms with van der Waals surface area (Å²) in [6.45, 7) is 5.54. The molecule has 3 rings (SSSR count). The molecule has 1 saturated carbocycles. The molecule has 2 aromatic rings. The first-order chi connectivity index (χ1) is 13.2. The van der Waals surface area contributed by atoms with Crippen molar-refractivity contribution in [2.45, 2.75) is 64.8 Å². The molecule has 2 atom stereocenters. The van der Waals surface area contributed by atoms with Gasteiger partial charge in [-0.1, -0.05) is 45.1 Å². The number of hydrogen-bond donors (Lipinski definition) is 2. The van der Waals surface area contributed by atoms with Crippen molar-refractivity contribution in [3.63, 3.8) is 0 Å². The lowest BCUT2D eigenvalue weighted by Crippen LogP contribution is -2.46. The number of aliphatic imine (C=N–C) groups is 1. The minimum absolute atomic E-state index is 0.430. The molecule has 1 aliphatic rings. The summed E-state index contributed by atoms with van der Waals surface area (Å²) >= 11 is 0. The van der Waals surface area contributed by atoms with Crippen molar-refractivity contribution < 1.29 is 0 Å². The van der Waals surface area contributed by atoms with Crippen molar-refractivity contribution in [1.82, 2.24) is 25.2 Å². The van der Waals surface area contributed by atoms with Gasteiger partial charge in [-0.3, -0.25) is 9.39 Å². The van der Waals surface area contributed by atoms with Gasteiger partial charge in [0.2, 0.25) is 0 Å². The highest BCUT2D eigenvalue weighted by atomic mass is 15.2. The second kappa shape index (κ2) is 9.72. The largest absolute Gasteiger partial charge is 0.356 e. The summed E-state index contributed by atoms with van der Waals surface area (Å²) < 4.78 is 2.06. The third-order valence-electron chi connectivity index (χ3n) is 6.02. The van der Waals surface area contributed by atoms with Gasteiger partial charge in [-0.15, -0.1) is 10.2 Å². The van der Waals surface area contributed by atoms with Crippen molar-refractivity contribution in [3.8, 4) is 0 Å². The summed E-state index contributed by atoms with van der Waals surface area (Å²) in [6.07, 6.45) is 10.9. The summed E-state index contributed by atoms with van der Waals surface area (Å²) in [7, 11) is 1.85. The molecule has 2 heterocycles. The average Bonchev–Trinajstić information content (AvgIpc) is 3.13. The molecular formula is C21H34N6. The second-order valence-corrected chi connectivity index (χ2v) is 7.84. The molecule has 6 nitrogen and oxygen atoms in total. The summed E-state index contributed by atoms with van der Waals surface area (Å²) in [5.74, 6) is 3.43. The maximum absolute atomic E-state index is 4.40. The lowest BCUT2D eigenvalue weighted by atomic mass is 9.78. The van der Waals surface area contributed by atoms with Crippen LogP contribution in [0, 0.1) is 11.8 Å². The average molecular weight is 371 g/mol. The molecule has 6 heteroatoms. The van der Waals surface area contributed by atoms with Gasteiger partial charge in [-0.05, 0) is 37.3 Å². The summed E-state index contributed by atoms with van der Waals surface area (Å²) in [6, 6.07) is 6.41. The van der Waals surface area contributed by atoms with Crippen LogP contribution in [-0.4, -0.2) is 40.2 Å². The van der Waals surface area contributed by atoms with Crippen molar-refractivity contribution >= 4 is 11.6 Å². The van der Waals surface area contributed by atoms with Crippen molar-refractivity contribution in [2.75, 3.05) is 13.6 Å². The molecule has 2 N–H and O–H groups in total. The molecule has 0 aromatic carbocycles. The van der Waals surface area contributed by atoms with E-state index in [0.29, 0.717) is 12.0 Å². The Morgan fingerprint density at radius 3 is 2.81 bits per heavy atom. The van der Waals surface area contributed by atoms with Crippen molar-refractivity contribution in [1.29, 1.82) is 0 Å². The fourth-order valence-corrected chi connectivity index (χ4v) is 4.12. The van der Waals surface area contributed by atoms with Crippen LogP contribution in [0.1, 0.15) is 58.2 Å². The first kappa shape index (κ1) is 19.6. The molecule has 0 bridgehead atoms. The molecule has 2 aromatic heterocycles. The Morgan fingerprint density at radius 2 is 2.04 bits per heavy atom. The van der Waals surface area contributed by atoms with Gasteiger partial charge in [0, 0.05) is 32.3 Å². The zero-order valence-electron chi connectivity index (χ0n) is 17.0. The third kappa shape index (κ3) is 5.21. The van der Waals surface area contributed by atoms with E-state index in [9.17, 15) is 0 Å². The Bertz CT molecular complexity index is 731. The number of aromatic nitrogens is 3. The highest BCUT2D eigenvalue weighted by Crippen LogP contribution is 2.31. The van der Waals surface area contributed by atoms with Gasteiger partial charge >= 0.3 is 0 Å². The molecule has 1 fully saturated rings. The van der Waals surface area contributed by atoms with E-state index in [1.807, 2.05) is 31.4 Å². The highest BCUT2D eigenvalue weighted by Gasteiger charge is 2.24. The smallest absolute Gasteiger partial charge is 0.191 e. The Morgan fingerprint density at radius 1 is 1.22 bits per heavy atom. The van der Waals surface area contributed by atoms with Gasteiger partial charge in [-0.25, -0.2) is 0 Å². The van der Waals surface area contributed by atoms with Crippen molar-refractivity contribution in [2.24, 2.45) is 16.8 Å². The van der Waals surface area contributed by atoms with Crippen LogP contribution in [0.3, 0.4) is 0 Å². The van der Waals surface area contributed by atoms with E-state index in [-0.39, 0.29) is 0 Å². The van der Waals surface area contributed by atoms with Crippen LogP contribution >= 0.6 is 0 Å². The molecule has 0 saturated heterocycles. The van der Waals surface area contributed by atoms with Crippen LogP contribution in [0.2, 0.25) is 0 Å². The van der Waals surface area contributed by atoms with Crippen LogP contribution in [0.4, 0.5) is 0 Å². The monoisotopic (exact) mass is 370 g/mol. The summed E-state index contributed by atoms with van der Waals surface area (Å²) in [4.78, 5) is 4.40. The van der Waals surface area contributed by atoms with E-state index in [0.717, 1.165) is 42.7 Å². The molecule has 148 valence electrons. The van der Waals surface area contributed by atoms with E-state index in [2.05, 4.69) is 44.1 Å². The molecule has 0 aliphatic heterocycles. The predicted octanol–water partition coefficient (Wildman–Crippen LogP) is 3.43. The molecule has 1 aliphatic carbocycles. The minimum atomic E-state index is 0.430. The van der Waals surface area contributed by atoms with Crippen molar-refractivity contribution in [3.05, 3.63) is 30.2 Å². The van der Waals surface area contributed by atoms with Gasteiger partial charge in [-0.2, -0.15) is 0 Å². The van der Waals surface area contributed by atoms with E-state index in [1.54, 1.807) is 0 Å². The van der Waals surface area contributed by atoms with E-state index >= 15 is 0 Å². The van der Waals surface area contributed by atoms with Gasteiger partial charge < -0.3 is 10.6 Å². The third-order valence-corrected chi connectivity index (χ3v) is 6.02. The molecule has 27 heavy (non-hydrogen) atoms. The van der Waals surface area contributed by atoms with Gasteiger partial charge in [0.05, 0.1) is 0 Å². The zero-order valence-corrected chi connectivity index (χ0v) is 17.0. The second-order valence-electron chi connectivity index (χ2n) is 7.84. The fourth-order valence-electron chi connectivity index (χ4n) is 4.12. The number of hydrogen-bond acceptors (Lipinski definition) is 3. The standard InChI is InChI=1S/C21H34N6/c1-16(18-10-5-4-6-11-18)17(2)24-21(22-3)23-14-9-13-20-26-25-19-12-7-8-15-27(19)20/h7-8,12,15-18H,4-6,9-11,13-14H2,1-3H3,(H2,22,23,24). The number of pyridine rings is 1. The summed E-state index contributed by atoms with van der Waals surface area (Å²) in [5, 5.41) is 15.5. The number of nitrogens with one attached hydrogen (secondary N) is 2. The zero-order chi connectivity index (χ0) is 19.1. The number of aryl methyl sites for hydroxylation is 1. The Kier molecular flexibility index (Phi) is 7.07. The van der Waals surface area contributed by atoms with Crippen LogP contribution < -0.4 is 10.6 Å². The van der Waals surface area contributed by atoms with Crippen LogP contribution in [0.5, 0.6) is 0 Å². The normalized spacial score (nSPS) is 18.4. The maximum atomic E-state index is 4.40. The van der Waals surface area contributed by atoms with Gasteiger partial charge in [0.1, 0.15) is 5.82 Å². The van der Waals surface area contributed by atoms with Gasteiger partial charge in [0.25, 0.3) is 0 Å². The molecule has 2 unspecified atom stereocenters. The lowest BCUT2D eigenvalue weighted by molar-refractivity contribution is 0.229. The topological polar surface area (TPSA) is 66.6 Å². The first-order valence-electron chi connectivity index (χ1n) is 10.4. The van der Waals surface area contributed by atoms with Crippen LogP contribution in [-0.2, 0) is 6.42 Å². The predicted molar refractivity (Wildman–Crippen MR) is 111 cm³/mol. The Hall–Kier alpha value is -2.11. The summed E-state index contributed by atoms with van der Waals surface area (Å²) in [5.41, 5.74) is 0.906. The maximum Gasteiger partial charge on any atom is 0.191 e. The molecule has 0 spiro atoms. The van der Waals surface area contributed by atoms with E-state index < -0.39 is 0 Å². The molecule has 0 amide bonds. The number of guanidine groups is 1. The van der Waals surface area contributed by atoms with E-state index in [4.69, 9.17) is 0 Å². The fraction of sp³-hybridized carbons (Fsp3) is 0.667. The number of nitrogens with zero attached hydrogens (tertiary/aromatic N) is 4. The van der Waals surface area contributed by atoms with Crippen LogP contribution in [0.25, 0.3) is 5.65 Å².